The van der Waals surface area contributed by atoms with Gasteiger partial charge in [0.25, 0.3) is 5.91 Å². The van der Waals surface area contributed by atoms with Gasteiger partial charge in [0, 0.05) is 45.0 Å². The normalized spacial score (nSPS) is 15.8. The topological polar surface area (TPSA) is 120 Å². The number of nitrogens with one attached hydrogen (secondary N) is 4. The van der Waals surface area contributed by atoms with Crippen molar-refractivity contribution in [2.75, 3.05) is 73.0 Å². The highest BCUT2D eigenvalue weighted by Crippen LogP contribution is 2.30. The molecule has 0 atom stereocenters. The van der Waals surface area contributed by atoms with E-state index in [-0.39, 0.29) is 17.5 Å². The van der Waals surface area contributed by atoms with Gasteiger partial charge in [0.05, 0.1) is 42.0 Å². The minimum absolute atomic E-state index is 0.0634. The predicted molar refractivity (Wildman–Crippen MR) is 140 cm³/mol. The third kappa shape index (κ3) is 6.16. The predicted octanol–water partition coefficient (Wildman–Crippen LogP) is 2.41. The molecule has 2 aliphatic rings. The number of halogens is 2. The lowest BCUT2D eigenvalue weighted by Crippen LogP contribution is -2.43. The maximum Gasteiger partial charge on any atom is 0.288 e. The molecule has 3 aromatic rings. The largest absolute Gasteiger partial charge is 0.378 e. The van der Waals surface area contributed by atoms with Crippen LogP contribution in [0.1, 0.15) is 10.5 Å². The lowest BCUT2D eigenvalue weighted by molar-refractivity contribution is 0.0957. The molecule has 5 rings (SSSR count). The molecule has 0 aliphatic carbocycles. The highest BCUT2D eigenvalue weighted by Gasteiger charge is 2.18. The van der Waals surface area contributed by atoms with Crippen molar-refractivity contribution in [2.24, 2.45) is 0 Å². The number of pyridine rings is 1. The van der Waals surface area contributed by atoms with Crippen molar-refractivity contribution in [3.8, 4) is 0 Å². The zero-order valence-electron chi connectivity index (χ0n) is 20.0. The van der Waals surface area contributed by atoms with Gasteiger partial charge in [-0.1, -0.05) is 11.6 Å². The average Bonchev–Trinajstić information content (AvgIpc) is 2.95. The molecule has 2 aromatic heterocycles. The van der Waals surface area contributed by atoms with Crippen LogP contribution in [0.4, 0.5) is 33.2 Å². The van der Waals surface area contributed by atoms with E-state index in [4.69, 9.17) is 16.3 Å². The molecule has 194 valence electrons. The van der Waals surface area contributed by atoms with Crippen LogP contribution in [0.15, 0.2) is 42.7 Å². The van der Waals surface area contributed by atoms with E-state index < -0.39 is 11.7 Å². The minimum atomic E-state index is -0.540. The van der Waals surface area contributed by atoms with Crippen molar-refractivity contribution in [1.82, 2.24) is 25.7 Å². The molecule has 1 aromatic carbocycles. The number of anilines is 5. The maximum atomic E-state index is 14.2. The summed E-state index contributed by atoms with van der Waals surface area (Å²) < 4.78 is 19.5. The summed E-state index contributed by atoms with van der Waals surface area (Å²) in [6.45, 7) is 5.81. The van der Waals surface area contributed by atoms with Crippen molar-refractivity contribution in [1.29, 1.82) is 0 Å². The van der Waals surface area contributed by atoms with Crippen LogP contribution in [0.3, 0.4) is 0 Å². The van der Waals surface area contributed by atoms with Gasteiger partial charge in [0.15, 0.2) is 11.6 Å². The van der Waals surface area contributed by atoms with Crippen LogP contribution in [-0.2, 0) is 4.74 Å². The summed E-state index contributed by atoms with van der Waals surface area (Å²) in [6, 6.07) is 9.21. The van der Waals surface area contributed by atoms with Gasteiger partial charge in [-0.05, 0) is 30.3 Å². The van der Waals surface area contributed by atoms with Crippen molar-refractivity contribution in [3.05, 3.63) is 59.3 Å². The van der Waals surface area contributed by atoms with Gasteiger partial charge in [-0.2, -0.15) is 4.98 Å². The van der Waals surface area contributed by atoms with E-state index in [1.54, 1.807) is 23.2 Å². The Bertz CT molecular complexity index is 1240. The van der Waals surface area contributed by atoms with E-state index >= 15 is 0 Å². The van der Waals surface area contributed by atoms with Gasteiger partial charge >= 0.3 is 0 Å². The summed E-state index contributed by atoms with van der Waals surface area (Å²) in [7, 11) is 0. The van der Waals surface area contributed by atoms with Gasteiger partial charge < -0.3 is 25.2 Å². The fraction of sp³-hybridized carbons (Fsp3) is 0.333. The van der Waals surface area contributed by atoms with Crippen LogP contribution in [-0.4, -0.2) is 73.3 Å². The Balaban J connectivity index is 1.17. The zero-order valence-corrected chi connectivity index (χ0v) is 20.8. The lowest BCUT2D eigenvalue weighted by Gasteiger charge is -2.29. The minimum Gasteiger partial charge on any atom is -0.378 e. The Morgan fingerprint density at radius 2 is 1.84 bits per heavy atom. The van der Waals surface area contributed by atoms with E-state index in [0.29, 0.717) is 37.0 Å². The molecule has 0 radical (unpaired) electrons. The first-order valence-electron chi connectivity index (χ1n) is 12.0. The Morgan fingerprint density at radius 1 is 1.03 bits per heavy atom. The number of piperazine rings is 1. The van der Waals surface area contributed by atoms with E-state index in [2.05, 4.69) is 41.3 Å². The summed E-state index contributed by atoms with van der Waals surface area (Å²) in [4.78, 5) is 28.9. The summed E-state index contributed by atoms with van der Waals surface area (Å²) in [6.07, 6.45) is 2.60. The second-order valence-electron chi connectivity index (χ2n) is 8.50. The van der Waals surface area contributed by atoms with Crippen LogP contribution in [0, 0.1) is 5.82 Å². The third-order valence-electron chi connectivity index (χ3n) is 6.03. The molecule has 2 fully saturated rings. The molecule has 0 saturated carbocycles. The van der Waals surface area contributed by atoms with Crippen molar-refractivity contribution < 1.29 is 13.9 Å². The second-order valence-corrected chi connectivity index (χ2v) is 8.91. The first-order chi connectivity index (χ1) is 18.1. The number of hydrogen-bond acceptors (Lipinski definition) is 10. The molecule has 1 amide bonds. The molecule has 2 aliphatic heterocycles. The molecule has 0 bridgehead atoms. The molecule has 0 spiro atoms. The summed E-state index contributed by atoms with van der Waals surface area (Å²) >= 11 is 6.51. The van der Waals surface area contributed by atoms with E-state index in [1.165, 1.54) is 0 Å². The van der Waals surface area contributed by atoms with Gasteiger partial charge in [0.1, 0.15) is 5.69 Å². The molecule has 4 heterocycles. The number of morpholine rings is 1. The summed E-state index contributed by atoms with van der Waals surface area (Å²) in [5.74, 6) is -0.815. The van der Waals surface area contributed by atoms with E-state index in [0.717, 1.165) is 43.8 Å². The Hall–Kier alpha value is -3.74. The number of carbonyl (C=O) groups is 1. The molecule has 2 saturated heterocycles. The van der Waals surface area contributed by atoms with Crippen molar-refractivity contribution in [2.45, 2.75) is 0 Å². The maximum absolute atomic E-state index is 14.2. The monoisotopic (exact) mass is 527 g/mol. The van der Waals surface area contributed by atoms with Gasteiger partial charge in [-0.25, -0.2) is 14.4 Å². The molecule has 0 unspecified atom stereocenters. The molecule has 4 N–H and O–H groups in total. The van der Waals surface area contributed by atoms with Crippen LogP contribution in [0.5, 0.6) is 0 Å². The SMILES string of the molecule is O=C(NNc1ncc(F)c(N2CCOCC2)n1)c1ccc(Nc2ccc(N3CCNCC3)cc2Cl)cn1. The first-order valence-corrected chi connectivity index (χ1v) is 12.3. The molecular formula is C24H27ClFN9O2. The Labute approximate surface area is 218 Å². The van der Waals surface area contributed by atoms with E-state index in [1.807, 2.05) is 18.2 Å². The number of benzene rings is 1. The van der Waals surface area contributed by atoms with Gasteiger partial charge in [-0.3, -0.25) is 15.6 Å². The molecular weight excluding hydrogens is 501 g/mol. The van der Waals surface area contributed by atoms with Crippen LogP contribution < -0.4 is 31.3 Å². The van der Waals surface area contributed by atoms with Crippen LogP contribution >= 0.6 is 11.6 Å². The number of nitrogens with zero attached hydrogens (tertiary/aromatic N) is 5. The number of hydrazine groups is 1. The van der Waals surface area contributed by atoms with Crippen LogP contribution in [0.25, 0.3) is 0 Å². The number of rotatable bonds is 7. The smallest absolute Gasteiger partial charge is 0.288 e. The lowest BCUT2D eigenvalue weighted by atomic mass is 10.2. The first kappa shape index (κ1) is 24.9. The summed E-state index contributed by atoms with van der Waals surface area (Å²) in [5, 5.41) is 7.16. The quantitative estimate of drug-likeness (QED) is 0.341. The fourth-order valence-electron chi connectivity index (χ4n) is 4.07. The van der Waals surface area contributed by atoms with Crippen LogP contribution in [0.2, 0.25) is 5.02 Å². The average molecular weight is 528 g/mol. The van der Waals surface area contributed by atoms with Crippen molar-refractivity contribution in [3.63, 3.8) is 0 Å². The second kappa shape index (κ2) is 11.5. The summed E-state index contributed by atoms with van der Waals surface area (Å²) in [5.41, 5.74) is 7.78. The molecule has 37 heavy (non-hydrogen) atoms. The fourth-order valence-corrected chi connectivity index (χ4v) is 4.30. The highest BCUT2D eigenvalue weighted by molar-refractivity contribution is 6.33. The van der Waals surface area contributed by atoms with E-state index in [9.17, 15) is 9.18 Å². The van der Waals surface area contributed by atoms with Gasteiger partial charge in [-0.15, -0.1) is 0 Å². The number of hydrogen-bond donors (Lipinski definition) is 4. The standard InChI is InChI=1S/C24H27ClFN9O2/c25-18-13-17(34-7-5-27-6-8-34)2-4-20(18)30-16-1-3-21(28-14-16)23(36)32-33-24-29-15-19(26)22(31-24)35-9-11-37-12-10-35/h1-4,13-15,27,30H,5-12H2,(H,32,36)(H,29,31,33). The molecule has 11 nitrogen and oxygen atoms in total. The van der Waals surface area contributed by atoms with Crippen molar-refractivity contribution >= 4 is 46.3 Å². The number of amides is 1. The molecule has 13 heteroatoms. The number of ether oxygens (including phenoxy) is 1. The number of aromatic nitrogens is 3. The zero-order chi connectivity index (χ0) is 25.6. The number of carbonyl (C=O) groups excluding carboxylic acids is 1. The van der Waals surface area contributed by atoms with Gasteiger partial charge in [0.2, 0.25) is 5.95 Å². The Morgan fingerprint density at radius 3 is 2.57 bits per heavy atom. The highest BCUT2D eigenvalue weighted by atomic mass is 35.5. The third-order valence-corrected chi connectivity index (χ3v) is 6.35. The Kier molecular flexibility index (Phi) is 7.78.